The average molecular weight is 244 g/mol. The van der Waals surface area contributed by atoms with E-state index in [1.165, 1.54) is 24.0 Å². The van der Waals surface area contributed by atoms with Crippen LogP contribution >= 0.6 is 0 Å². The molecule has 18 heavy (non-hydrogen) atoms. The van der Waals surface area contributed by atoms with Gasteiger partial charge in [-0.25, -0.2) is 4.39 Å². The normalized spacial score (nSPS) is 16.7. The highest BCUT2D eigenvalue weighted by Crippen LogP contribution is 2.47. The van der Waals surface area contributed by atoms with E-state index in [0.717, 1.165) is 13.1 Å². The van der Waals surface area contributed by atoms with Crippen LogP contribution in [-0.2, 0) is 12.0 Å². The third kappa shape index (κ3) is 2.31. The van der Waals surface area contributed by atoms with Crippen molar-refractivity contribution >= 4 is 0 Å². The van der Waals surface area contributed by atoms with E-state index in [9.17, 15) is 4.39 Å². The van der Waals surface area contributed by atoms with Gasteiger partial charge < -0.3 is 10.3 Å². The maximum absolute atomic E-state index is 12.9. The van der Waals surface area contributed by atoms with Crippen LogP contribution < -0.4 is 5.32 Å². The van der Waals surface area contributed by atoms with Crippen molar-refractivity contribution in [3.63, 3.8) is 0 Å². The Hall–Kier alpha value is -1.61. The van der Waals surface area contributed by atoms with Crippen LogP contribution in [-0.4, -0.2) is 11.5 Å². The summed E-state index contributed by atoms with van der Waals surface area (Å²) < 4.78 is 12.9. The van der Waals surface area contributed by atoms with Gasteiger partial charge in [-0.3, -0.25) is 0 Å². The predicted molar refractivity (Wildman–Crippen MR) is 69.8 cm³/mol. The van der Waals surface area contributed by atoms with Gasteiger partial charge >= 0.3 is 0 Å². The lowest BCUT2D eigenvalue weighted by Crippen LogP contribution is -2.26. The number of H-pyrrole nitrogens is 1. The van der Waals surface area contributed by atoms with E-state index in [1.54, 1.807) is 12.1 Å². The van der Waals surface area contributed by atoms with Gasteiger partial charge in [-0.05, 0) is 42.2 Å². The van der Waals surface area contributed by atoms with Gasteiger partial charge in [0.05, 0.1) is 0 Å². The lowest BCUT2D eigenvalue weighted by molar-refractivity contribution is 0.571. The van der Waals surface area contributed by atoms with Gasteiger partial charge in [0, 0.05) is 30.9 Å². The van der Waals surface area contributed by atoms with E-state index in [1.807, 2.05) is 24.5 Å². The molecule has 3 rings (SSSR count). The van der Waals surface area contributed by atoms with E-state index in [-0.39, 0.29) is 11.2 Å². The summed E-state index contributed by atoms with van der Waals surface area (Å²) in [6, 6.07) is 9.02. The molecule has 3 heteroatoms. The first-order valence-corrected chi connectivity index (χ1v) is 6.37. The van der Waals surface area contributed by atoms with Crippen LogP contribution in [0.1, 0.15) is 24.0 Å². The molecule has 0 saturated heterocycles. The summed E-state index contributed by atoms with van der Waals surface area (Å²) in [6.07, 6.45) is 6.33. The number of benzene rings is 1. The summed E-state index contributed by atoms with van der Waals surface area (Å²) in [5.74, 6) is -0.158. The lowest BCUT2D eigenvalue weighted by Gasteiger charge is -2.16. The summed E-state index contributed by atoms with van der Waals surface area (Å²) >= 11 is 0. The molecule has 2 nitrogen and oxygen atoms in total. The molecule has 2 N–H and O–H groups in total. The number of hydrogen-bond acceptors (Lipinski definition) is 1. The van der Waals surface area contributed by atoms with E-state index in [4.69, 9.17) is 0 Å². The zero-order valence-electron chi connectivity index (χ0n) is 10.2. The Morgan fingerprint density at radius 2 is 1.94 bits per heavy atom. The molecule has 2 aromatic rings. The topological polar surface area (TPSA) is 27.8 Å². The van der Waals surface area contributed by atoms with E-state index >= 15 is 0 Å². The fourth-order valence-electron chi connectivity index (χ4n) is 2.44. The number of rotatable bonds is 5. The first-order valence-electron chi connectivity index (χ1n) is 6.37. The standard InChI is InChI=1S/C15H17FN2/c16-14-3-1-13(2-4-14)15(6-7-15)11-18-10-12-5-8-17-9-12/h1-5,8-9,17-18H,6-7,10-11H2. The summed E-state index contributed by atoms with van der Waals surface area (Å²) in [6.45, 7) is 1.84. The maximum Gasteiger partial charge on any atom is 0.123 e. The van der Waals surface area contributed by atoms with E-state index in [2.05, 4.69) is 16.4 Å². The van der Waals surface area contributed by atoms with Crippen LogP contribution in [0, 0.1) is 5.82 Å². The molecule has 1 aromatic heterocycles. The second-order valence-corrected chi connectivity index (χ2v) is 5.11. The van der Waals surface area contributed by atoms with Crippen molar-refractivity contribution in [3.05, 3.63) is 59.7 Å². The third-order valence-electron chi connectivity index (χ3n) is 3.77. The number of aromatic amines is 1. The summed E-state index contributed by atoms with van der Waals surface area (Å²) in [7, 11) is 0. The minimum Gasteiger partial charge on any atom is -0.367 e. The van der Waals surface area contributed by atoms with Crippen LogP contribution in [0.3, 0.4) is 0 Å². The van der Waals surface area contributed by atoms with Gasteiger partial charge in [0.25, 0.3) is 0 Å². The van der Waals surface area contributed by atoms with Crippen molar-refractivity contribution in [2.75, 3.05) is 6.54 Å². The van der Waals surface area contributed by atoms with Gasteiger partial charge in [-0.2, -0.15) is 0 Å². The predicted octanol–water partition coefficient (Wildman–Crippen LogP) is 2.98. The Balaban J connectivity index is 1.60. The highest BCUT2D eigenvalue weighted by atomic mass is 19.1. The molecule has 1 aromatic carbocycles. The van der Waals surface area contributed by atoms with Crippen LogP contribution in [0.15, 0.2) is 42.7 Å². The smallest absolute Gasteiger partial charge is 0.123 e. The van der Waals surface area contributed by atoms with Crippen molar-refractivity contribution in [3.8, 4) is 0 Å². The van der Waals surface area contributed by atoms with Gasteiger partial charge in [-0.15, -0.1) is 0 Å². The van der Waals surface area contributed by atoms with Gasteiger partial charge in [-0.1, -0.05) is 12.1 Å². The number of aromatic nitrogens is 1. The maximum atomic E-state index is 12.9. The molecule has 0 bridgehead atoms. The largest absolute Gasteiger partial charge is 0.367 e. The van der Waals surface area contributed by atoms with Crippen molar-refractivity contribution in [2.45, 2.75) is 24.8 Å². The molecule has 0 unspecified atom stereocenters. The summed E-state index contributed by atoms with van der Waals surface area (Å²) in [4.78, 5) is 3.05. The second-order valence-electron chi connectivity index (χ2n) is 5.11. The van der Waals surface area contributed by atoms with Crippen LogP contribution in [0.2, 0.25) is 0 Å². The molecule has 0 amide bonds. The molecule has 0 radical (unpaired) electrons. The van der Waals surface area contributed by atoms with Crippen molar-refractivity contribution in [1.29, 1.82) is 0 Å². The molecule has 94 valence electrons. The highest BCUT2D eigenvalue weighted by Gasteiger charge is 2.43. The quantitative estimate of drug-likeness (QED) is 0.831. The van der Waals surface area contributed by atoms with Gasteiger partial charge in [0.2, 0.25) is 0 Å². The monoisotopic (exact) mass is 244 g/mol. The fraction of sp³-hybridized carbons (Fsp3) is 0.333. The molecule has 1 fully saturated rings. The second kappa shape index (κ2) is 4.58. The molecule has 1 aliphatic rings. The Kier molecular flexibility index (Phi) is 2.92. The molecular weight excluding hydrogens is 227 g/mol. The Morgan fingerprint density at radius 1 is 1.17 bits per heavy atom. The number of halogens is 1. The van der Waals surface area contributed by atoms with Crippen molar-refractivity contribution in [1.82, 2.24) is 10.3 Å². The molecule has 0 atom stereocenters. The third-order valence-corrected chi connectivity index (χ3v) is 3.77. The number of hydrogen-bond donors (Lipinski definition) is 2. The van der Waals surface area contributed by atoms with Crippen LogP contribution in [0.5, 0.6) is 0 Å². The van der Waals surface area contributed by atoms with Gasteiger partial charge in [0.15, 0.2) is 0 Å². The molecule has 0 spiro atoms. The van der Waals surface area contributed by atoms with Crippen LogP contribution in [0.25, 0.3) is 0 Å². The Morgan fingerprint density at radius 3 is 2.56 bits per heavy atom. The average Bonchev–Trinajstić information content (AvgIpc) is 2.98. The van der Waals surface area contributed by atoms with E-state index < -0.39 is 0 Å². The Bertz CT molecular complexity index is 498. The van der Waals surface area contributed by atoms with Gasteiger partial charge in [0.1, 0.15) is 5.82 Å². The fourth-order valence-corrected chi connectivity index (χ4v) is 2.44. The highest BCUT2D eigenvalue weighted by molar-refractivity contribution is 5.32. The zero-order valence-corrected chi connectivity index (χ0v) is 10.2. The molecular formula is C15H17FN2. The van der Waals surface area contributed by atoms with Crippen molar-refractivity contribution in [2.24, 2.45) is 0 Å². The molecule has 1 aliphatic carbocycles. The zero-order chi connectivity index (χ0) is 12.4. The summed E-state index contributed by atoms with van der Waals surface area (Å²) in [5.41, 5.74) is 2.76. The lowest BCUT2D eigenvalue weighted by atomic mass is 9.96. The molecule has 0 aliphatic heterocycles. The van der Waals surface area contributed by atoms with Crippen LogP contribution in [0.4, 0.5) is 4.39 Å². The SMILES string of the molecule is Fc1ccc(C2(CNCc3cc[nH]c3)CC2)cc1. The summed E-state index contributed by atoms with van der Waals surface area (Å²) in [5, 5.41) is 3.49. The minimum absolute atomic E-state index is 0.158. The first-order chi connectivity index (χ1) is 8.78. The molecule has 1 heterocycles. The first kappa shape index (κ1) is 11.5. The van der Waals surface area contributed by atoms with E-state index in [0.29, 0.717) is 0 Å². The van der Waals surface area contributed by atoms with Crippen molar-refractivity contribution < 1.29 is 4.39 Å². The molecule has 1 saturated carbocycles. The number of nitrogens with one attached hydrogen (secondary N) is 2. The Labute approximate surface area is 106 Å². The minimum atomic E-state index is -0.158.